The van der Waals surface area contributed by atoms with Crippen LogP contribution in [0.15, 0.2) is 17.5 Å². The summed E-state index contributed by atoms with van der Waals surface area (Å²) in [6.07, 6.45) is 5.87. The number of hydrogen-bond donors (Lipinski definition) is 3. The van der Waals surface area contributed by atoms with E-state index in [1.165, 1.54) is 22.7 Å². The minimum absolute atomic E-state index is 0.0454. The third-order valence-corrected chi connectivity index (χ3v) is 8.87. The second-order valence-corrected chi connectivity index (χ2v) is 11.4. The number of amides is 4. The summed E-state index contributed by atoms with van der Waals surface area (Å²) in [6, 6.07) is 2.75. The number of likely N-dealkylation sites (tertiary alicyclic amines) is 1. The topological polar surface area (TPSA) is 122 Å². The lowest BCUT2D eigenvalue weighted by atomic mass is 9.86. The van der Waals surface area contributed by atoms with Crippen molar-refractivity contribution < 1.29 is 24.3 Å². The Balaban J connectivity index is 1.51. The quantitative estimate of drug-likeness (QED) is 0.494. The van der Waals surface area contributed by atoms with Gasteiger partial charge in [-0.15, -0.1) is 11.3 Å². The molecule has 1 aromatic rings. The average Bonchev–Trinajstić information content (AvgIpc) is 3.44. The maximum atomic E-state index is 14.1. The number of nitrogens with zero attached hydrogens (tertiary/aromatic N) is 3. The summed E-state index contributed by atoms with van der Waals surface area (Å²) in [4.78, 5) is 56.7. The predicted octanol–water partition coefficient (Wildman–Crippen LogP) is 2.10. The molecule has 0 spiro atoms. The standard InChI is InChI=1S/C26H39N5O5S/c1-18(32)29-11-9-19(10-12-29)23(28-20-6-3-2-4-7-20)25(34)31-14-13-30(26(35)36)17-22(31)24(33)27-16-21-8-5-15-37-21/h5,8,15,19-20,22-23,28H,2-4,6-7,9-14,16-17H2,1H3,(H,27,33)(H,35,36)/t22-,23?/m0/s1. The summed E-state index contributed by atoms with van der Waals surface area (Å²) in [5.74, 6) is -0.366. The Morgan fingerprint density at radius 3 is 2.38 bits per heavy atom. The van der Waals surface area contributed by atoms with Crippen molar-refractivity contribution in [1.82, 2.24) is 25.3 Å². The van der Waals surface area contributed by atoms with E-state index in [1.54, 1.807) is 11.8 Å². The third-order valence-electron chi connectivity index (χ3n) is 8.00. The lowest BCUT2D eigenvalue weighted by molar-refractivity contribution is -0.147. The van der Waals surface area contributed by atoms with E-state index in [1.807, 2.05) is 22.4 Å². The minimum atomic E-state index is -1.09. The zero-order chi connectivity index (χ0) is 26.4. The van der Waals surface area contributed by atoms with E-state index in [2.05, 4.69) is 10.6 Å². The van der Waals surface area contributed by atoms with E-state index < -0.39 is 18.2 Å². The summed E-state index contributed by atoms with van der Waals surface area (Å²) in [6.45, 7) is 3.46. The van der Waals surface area contributed by atoms with Gasteiger partial charge in [-0.25, -0.2) is 4.79 Å². The van der Waals surface area contributed by atoms with Crippen LogP contribution in [0.2, 0.25) is 0 Å². The number of carboxylic acid groups (broad SMARTS) is 1. The molecule has 0 radical (unpaired) electrons. The first kappa shape index (κ1) is 27.4. The highest BCUT2D eigenvalue weighted by Crippen LogP contribution is 2.27. The van der Waals surface area contributed by atoms with E-state index in [9.17, 15) is 24.3 Å². The number of piperidine rings is 1. The highest BCUT2D eigenvalue weighted by molar-refractivity contribution is 7.09. The summed E-state index contributed by atoms with van der Waals surface area (Å²) < 4.78 is 0. The van der Waals surface area contributed by atoms with Crippen LogP contribution in [0.5, 0.6) is 0 Å². The molecule has 0 bridgehead atoms. The Bertz CT molecular complexity index is 943. The number of hydrogen-bond acceptors (Lipinski definition) is 6. The highest BCUT2D eigenvalue weighted by Gasteiger charge is 2.42. The third kappa shape index (κ3) is 7.01. The monoisotopic (exact) mass is 533 g/mol. The van der Waals surface area contributed by atoms with Gasteiger partial charge < -0.3 is 30.4 Å². The van der Waals surface area contributed by atoms with E-state index in [0.29, 0.717) is 19.6 Å². The highest BCUT2D eigenvalue weighted by atomic mass is 32.1. The Morgan fingerprint density at radius 1 is 1.03 bits per heavy atom. The molecule has 3 fully saturated rings. The fraction of sp³-hybridized carbons (Fsp3) is 0.692. The minimum Gasteiger partial charge on any atom is -0.465 e. The largest absolute Gasteiger partial charge is 0.465 e. The fourth-order valence-electron chi connectivity index (χ4n) is 5.81. The van der Waals surface area contributed by atoms with Crippen LogP contribution in [0.3, 0.4) is 0 Å². The van der Waals surface area contributed by atoms with Gasteiger partial charge in [-0.05, 0) is 43.0 Å². The van der Waals surface area contributed by atoms with Crippen molar-refractivity contribution in [3.8, 4) is 0 Å². The lowest BCUT2D eigenvalue weighted by Gasteiger charge is -2.44. The second kappa shape index (κ2) is 12.7. The number of carbonyl (C=O) groups excluding carboxylic acids is 3. The van der Waals surface area contributed by atoms with Crippen LogP contribution in [-0.4, -0.2) is 94.5 Å². The summed E-state index contributed by atoms with van der Waals surface area (Å²) in [5, 5.41) is 18.1. The van der Waals surface area contributed by atoms with Gasteiger partial charge in [0.1, 0.15) is 6.04 Å². The number of rotatable bonds is 7. The molecule has 10 nitrogen and oxygen atoms in total. The summed E-state index contributed by atoms with van der Waals surface area (Å²) in [5.41, 5.74) is 0. The Labute approximate surface area is 222 Å². The van der Waals surface area contributed by atoms with Crippen LogP contribution in [-0.2, 0) is 20.9 Å². The van der Waals surface area contributed by atoms with Gasteiger partial charge in [0.25, 0.3) is 0 Å². The molecule has 1 saturated carbocycles. The number of carbonyl (C=O) groups is 4. The first-order valence-electron chi connectivity index (χ1n) is 13.4. The Kier molecular flexibility index (Phi) is 9.42. The molecular formula is C26H39N5O5S. The normalized spacial score (nSPS) is 22.5. The second-order valence-electron chi connectivity index (χ2n) is 10.4. The molecular weight excluding hydrogens is 494 g/mol. The zero-order valence-electron chi connectivity index (χ0n) is 21.6. The molecule has 1 aromatic heterocycles. The van der Waals surface area contributed by atoms with Crippen molar-refractivity contribution >= 4 is 35.2 Å². The van der Waals surface area contributed by atoms with E-state index >= 15 is 0 Å². The van der Waals surface area contributed by atoms with Gasteiger partial charge in [-0.1, -0.05) is 25.3 Å². The van der Waals surface area contributed by atoms with Crippen molar-refractivity contribution in [3.63, 3.8) is 0 Å². The van der Waals surface area contributed by atoms with Crippen LogP contribution < -0.4 is 10.6 Å². The van der Waals surface area contributed by atoms with Crippen LogP contribution in [0.1, 0.15) is 56.7 Å². The number of thiophene rings is 1. The Morgan fingerprint density at radius 2 is 1.76 bits per heavy atom. The number of piperazine rings is 1. The van der Waals surface area contributed by atoms with E-state index in [-0.39, 0.29) is 49.3 Å². The first-order valence-corrected chi connectivity index (χ1v) is 14.3. The van der Waals surface area contributed by atoms with Gasteiger partial charge >= 0.3 is 6.09 Å². The zero-order valence-corrected chi connectivity index (χ0v) is 22.4. The van der Waals surface area contributed by atoms with Crippen molar-refractivity contribution in [1.29, 1.82) is 0 Å². The SMILES string of the molecule is CC(=O)N1CCC(C(NC2CCCCC2)C(=O)N2CCN(C(=O)O)C[C@H]2C(=O)NCc2cccs2)CC1. The Hall–Kier alpha value is -2.66. The molecule has 1 unspecified atom stereocenters. The van der Waals surface area contributed by atoms with Crippen molar-refractivity contribution in [3.05, 3.63) is 22.4 Å². The molecule has 1 aliphatic carbocycles. The molecule has 3 N–H and O–H groups in total. The lowest BCUT2D eigenvalue weighted by Crippen LogP contribution is -2.65. The van der Waals surface area contributed by atoms with Gasteiger partial charge in [-0.3, -0.25) is 14.4 Å². The fourth-order valence-corrected chi connectivity index (χ4v) is 6.45. The van der Waals surface area contributed by atoms with Gasteiger partial charge in [-0.2, -0.15) is 0 Å². The van der Waals surface area contributed by atoms with Gasteiger partial charge in [0.2, 0.25) is 17.7 Å². The first-order chi connectivity index (χ1) is 17.8. The van der Waals surface area contributed by atoms with E-state index in [4.69, 9.17) is 0 Å². The molecule has 3 heterocycles. The predicted molar refractivity (Wildman–Crippen MR) is 140 cm³/mol. The van der Waals surface area contributed by atoms with Crippen molar-refractivity contribution in [2.24, 2.45) is 5.92 Å². The molecule has 4 rings (SSSR count). The molecule has 2 saturated heterocycles. The molecule has 11 heteroatoms. The smallest absolute Gasteiger partial charge is 0.407 e. The molecule has 2 aliphatic heterocycles. The molecule has 2 atom stereocenters. The van der Waals surface area contributed by atoms with Crippen molar-refractivity contribution in [2.75, 3.05) is 32.7 Å². The van der Waals surface area contributed by atoms with Gasteiger partial charge in [0, 0.05) is 44.0 Å². The van der Waals surface area contributed by atoms with Crippen LogP contribution >= 0.6 is 11.3 Å². The molecule has 37 heavy (non-hydrogen) atoms. The van der Waals surface area contributed by atoms with Gasteiger partial charge in [0.05, 0.1) is 19.1 Å². The summed E-state index contributed by atoms with van der Waals surface area (Å²) >= 11 is 1.53. The average molecular weight is 534 g/mol. The van der Waals surface area contributed by atoms with Crippen molar-refractivity contribution in [2.45, 2.75) is 76.5 Å². The maximum Gasteiger partial charge on any atom is 0.407 e. The van der Waals surface area contributed by atoms with E-state index in [0.717, 1.165) is 43.4 Å². The van der Waals surface area contributed by atoms with Gasteiger partial charge in [0.15, 0.2) is 0 Å². The molecule has 4 amide bonds. The molecule has 204 valence electrons. The van der Waals surface area contributed by atoms with Crippen LogP contribution in [0.4, 0.5) is 4.79 Å². The van der Waals surface area contributed by atoms with Crippen LogP contribution in [0, 0.1) is 5.92 Å². The molecule has 3 aliphatic rings. The summed E-state index contributed by atoms with van der Waals surface area (Å²) in [7, 11) is 0. The molecule has 0 aromatic carbocycles. The number of nitrogens with one attached hydrogen (secondary N) is 2. The van der Waals surface area contributed by atoms with Crippen LogP contribution in [0.25, 0.3) is 0 Å². The maximum absolute atomic E-state index is 14.1.